The molecule has 0 aliphatic rings. The lowest BCUT2D eigenvalue weighted by Crippen LogP contribution is -2.60. The minimum absolute atomic E-state index is 0.00373. The lowest BCUT2D eigenvalue weighted by Gasteiger charge is -2.28. The van der Waals surface area contributed by atoms with Gasteiger partial charge in [0.25, 0.3) is 5.91 Å². The summed E-state index contributed by atoms with van der Waals surface area (Å²) in [7, 11) is 0. The first kappa shape index (κ1) is 71.3. The molecule has 14 N–H and O–H groups in total. The monoisotopic (exact) mass is 1240 g/mol. The van der Waals surface area contributed by atoms with Gasteiger partial charge < -0.3 is 68.9 Å². The van der Waals surface area contributed by atoms with Crippen molar-refractivity contribution in [1.29, 1.82) is 0 Å². The highest BCUT2D eigenvalue weighted by molar-refractivity contribution is 8.00. The standard InChI is InChI=1S/C57H76Cl2N10O15S/c1-30(2)24-41(67-56(82)49(32(5)6)69-46(73)28-62-51(77)34-12-8-7-9-13-34)55(81)64-39(14-10-11-23-61-44(71)27-43(57(83)84)85-36-19-20-37(58)38(59)26-36)53(79)65-40(21-22-47(74)75)54(80)66-42(25-33-15-17-35(70)18-16-33)52(78)63-29-45(72)68-48(31(3)4)50(60)76/h7-9,12-13,15-20,26,30-32,39-43,48-49,70H,10-11,14,21-25,27-29H2,1-6H3,(H2,60,76)(H,61,71)(H,62,77)(H,63,78)(H,64,81)(H,65,79)(H,66,80)(H,67,82)(H,68,72)(H,69,73)(H,74,75)(H,83,84)/t39-,40-,41-,42-,43+,48-,49-/m0/s1. The van der Waals surface area contributed by atoms with Gasteiger partial charge in [-0.05, 0) is 97.9 Å². The number of carboxylic acids is 2. The molecule has 0 radical (unpaired) electrons. The van der Waals surface area contributed by atoms with Gasteiger partial charge in [-0.15, -0.1) is 11.8 Å². The van der Waals surface area contributed by atoms with Gasteiger partial charge >= 0.3 is 11.9 Å². The van der Waals surface area contributed by atoms with Gasteiger partial charge in [-0.25, -0.2) is 0 Å². The molecule has 464 valence electrons. The zero-order valence-corrected chi connectivity index (χ0v) is 50.3. The molecular weight excluding hydrogens is 1170 g/mol. The molecule has 85 heavy (non-hydrogen) atoms. The van der Waals surface area contributed by atoms with Gasteiger partial charge in [-0.3, -0.25) is 57.5 Å². The number of halogens is 2. The van der Waals surface area contributed by atoms with E-state index in [1.807, 2.05) is 0 Å². The van der Waals surface area contributed by atoms with E-state index in [4.69, 9.17) is 28.9 Å². The number of nitrogens with two attached hydrogens (primary N) is 1. The predicted octanol–water partition coefficient (Wildman–Crippen LogP) is 2.33. The number of nitrogens with one attached hydrogen (secondary N) is 9. The van der Waals surface area contributed by atoms with Gasteiger partial charge in [0.2, 0.25) is 53.2 Å². The molecule has 0 saturated heterocycles. The predicted molar refractivity (Wildman–Crippen MR) is 316 cm³/mol. The molecule has 10 amide bonds. The van der Waals surface area contributed by atoms with Crippen molar-refractivity contribution in [3.05, 3.63) is 94.0 Å². The van der Waals surface area contributed by atoms with Crippen LogP contribution in [-0.4, -0.2) is 147 Å². The largest absolute Gasteiger partial charge is 0.508 e. The Morgan fingerprint density at radius 1 is 0.565 bits per heavy atom. The molecule has 3 aromatic carbocycles. The van der Waals surface area contributed by atoms with Crippen molar-refractivity contribution in [2.75, 3.05) is 19.6 Å². The molecule has 0 fully saturated rings. The SMILES string of the molecule is CC(C)C[C@H](NC(=O)[C@@H](NC(=O)CNC(=O)c1ccccc1)C(C)C)C(=O)N[C@@H](CCCCNC(=O)C[C@@H](Sc1ccc(Cl)c(Cl)c1)C(=O)O)C(=O)N[C@@H](CCC(=O)O)C(=O)N[C@@H](Cc1ccc(O)cc1)C(=O)NCC(=O)N[C@H](C(N)=O)C(C)C. The molecule has 0 aliphatic carbocycles. The van der Waals surface area contributed by atoms with Gasteiger partial charge in [0.15, 0.2) is 0 Å². The van der Waals surface area contributed by atoms with Crippen molar-refractivity contribution in [3.63, 3.8) is 0 Å². The summed E-state index contributed by atoms with van der Waals surface area (Å²) in [4.78, 5) is 159. The maximum absolute atomic E-state index is 14.5. The van der Waals surface area contributed by atoms with Crippen LogP contribution in [0.3, 0.4) is 0 Å². The number of carbonyl (C=O) groups excluding carboxylic acids is 10. The number of aromatic hydroxyl groups is 1. The van der Waals surface area contributed by atoms with E-state index in [-0.39, 0.29) is 60.4 Å². The summed E-state index contributed by atoms with van der Waals surface area (Å²) in [6.45, 7) is 8.87. The topological polar surface area (TPSA) is 400 Å². The van der Waals surface area contributed by atoms with Crippen LogP contribution in [0, 0.1) is 17.8 Å². The molecule has 0 spiro atoms. The number of thioether (sulfide) groups is 1. The molecule has 3 rings (SSSR count). The maximum atomic E-state index is 14.5. The lowest BCUT2D eigenvalue weighted by molar-refractivity contribution is -0.139. The number of hydrogen-bond donors (Lipinski definition) is 13. The number of benzene rings is 3. The third kappa shape index (κ3) is 26.2. The molecule has 28 heteroatoms. The van der Waals surface area contributed by atoms with Crippen molar-refractivity contribution >= 4 is 106 Å². The van der Waals surface area contributed by atoms with Crippen LogP contribution in [0.4, 0.5) is 0 Å². The summed E-state index contributed by atoms with van der Waals surface area (Å²) in [5.41, 5.74) is 6.13. The van der Waals surface area contributed by atoms with E-state index in [0.717, 1.165) is 11.8 Å². The van der Waals surface area contributed by atoms with Crippen molar-refractivity contribution in [2.24, 2.45) is 23.5 Å². The molecule has 3 aromatic rings. The quantitative estimate of drug-likeness (QED) is 0.0293. The number of unbranched alkanes of at least 4 members (excludes halogenated alkanes) is 1. The smallest absolute Gasteiger partial charge is 0.317 e. The van der Waals surface area contributed by atoms with Crippen LogP contribution in [-0.2, 0) is 59.2 Å². The minimum Gasteiger partial charge on any atom is -0.508 e. The number of carbonyl (C=O) groups is 12. The fraction of sp³-hybridized carbons (Fsp3) is 0.474. The number of phenolic OH excluding ortho intramolecular Hbond substituents is 1. The summed E-state index contributed by atoms with van der Waals surface area (Å²) < 4.78 is 0. The second-order valence-electron chi connectivity index (χ2n) is 21.0. The molecule has 7 atom stereocenters. The molecule has 0 bridgehead atoms. The Balaban J connectivity index is 1.92. The Morgan fingerprint density at radius 3 is 1.67 bits per heavy atom. The summed E-state index contributed by atoms with van der Waals surface area (Å²) >= 11 is 13.0. The normalized spacial score (nSPS) is 13.5. The van der Waals surface area contributed by atoms with Crippen LogP contribution >= 0.6 is 35.0 Å². The number of amides is 10. The highest BCUT2D eigenvalue weighted by atomic mass is 35.5. The Morgan fingerprint density at radius 2 is 1.12 bits per heavy atom. The zero-order valence-electron chi connectivity index (χ0n) is 48.0. The number of primary amides is 1. The number of rotatable bonds is 36. The fourth-order valence-corrected chi connectivity index (χ4v) is 9.55. The van der Waals surface area contributed by atoms with E-state index >= 15 is 0 Å². The highest BCUT2D eigenvalue weighted by Crippen LogP contribution is 2.31. The van der Waals surface area contributed by atoms with E-state index in [1.54, 1.807) is 77.9 Å². The Hall–Kier alpha value is -7.97. The van der Waals surface area contributed by atoms with Crippen LogP contribution in [0.2, 0.25) is 10.0 Å². The first-order valence-electron chi connectivity index (χ1n) is 27.4. The van der Waals surface area contributed by atoms with Crippen LogP contribution in [0.1, 0.15) is 102 Å². The van der Waals surface area contributed by atoms with E-state index < -0.39 is 157 Å². The second-order valence-corrected chi connectivity index (χ2v) is 23.1. The van der Waals surface area contributed by atoms with E-state index in [1.165, 1.54) is 36.4 Å². The average Bonchev–Trinajstić information content (AvgIpc) is 3.61. The summed E-state index contributed by atoms with van der Waals surface area (Å²) in [6.07, 6.45) is -1.92. The van der Waals surface area contributed by atoms with Crippen molar-refractivity contribution in [1.82, 2.24) is 47.9 Å². The fourth-order valence-electron chi connectivity index (χ4n) is 8.19. The molecular formula is C57H76Cl2N10O15S. The van der Waals surface area contributed by atoms with Gasteiger partial charge in [0.1, 0.15) is 47.3 Å². The number of aliphatic carboxylic acids is 2. The first-order valence-corrected chi connectivity index (χ1v) is 29.0. The Bertz CT molecular complexity index is 2830. The van der Waals surface area contributed by atoms with Crippen molar-refractivity contribution in [3.8, 4) is 5.75 Å². The van der Waals surface area contributed by atoms with Gasteiger partial charge in [0.05, 0.1) is 23.1 Å². The minimum atomic E-state index is -1.70. The van der Waals surface area contributed by atoms with E-state index in [2.05, 4.69) is 47.9 Å². The van der Waals surface area contributed by atoms with Crippen molar-refractivity contribution < 1.29 is 72.9 Å². The summed E-state index contributed by atoms with van der Waals surface area (Å²) in [5, 5.41) is 51.6. The molecule has 25 nitrogen and oxygen atoms in total. The molecule has 0 saturated carbocycles. The highest BCUT2D eigenvalue weighted by Gasteiger charge is 2.35. The van der Waals surface area contributed by atoms with Crippen LogP contribution in [0.15, 0.2) is 77.7 Å². The van der Waals surface area contributed by atoms with Crippen LogP contribution in [0.5, 0.6) is 5.75 Å². The zero-order chi connectivity index (χ0) is 63.5. The van der Waals surface area contributed by atoms with E-state index in [9.17, 15) is 72.9 Å². The summed E-state index contributed by atoms with van der Waals surface area (Å²) in [6, 6.07) is 9.76. The Labute approximate surface area is 506 Å². The average molecular weight is 1240 g/mol. The van der Waals surface area contributed by atoms with Gasteiger partial charge in [-0.1, -0.05) is 95.1 Å². The number of phenols is 1. The maximum Gasteiger partial charge on any atom is 0.317 e. The summed E-state index contributed by atoms with van der Waals surface area (Å²) in [5.74, 6) is -12.1. The van der Waals surface area contributed by atoms with Crippen molar-refractivity contribution in [2.45, 2.75) is 139 Å². The molecule has 0 unspecified atom stereocenters. The molecule has 0 heterocycles. The van der Waals surface area contributed by atoms with Gasteiger partial charge in [-0.2, -0.15) is 0 Å². The van der Waals surface area contributed by atoms with Crippen LogP contribution in [0.25, 0.3) is 0 Å². The molecule has 0 aromatic heterocycles. The van der Waals surface area contributed by atoms with E-state index in [0.29, 0.717) is 16.0 Å². The first-order chi connectivity index (χ1) is 40.0. The third-order valence-corrected chi connectivity index (χ3v) is 14.7. The second kappa shape index (κ2) is 36.0. The lowest BCUT2D eigenvalue weighted by atomic mass is 9.99. The Kier molecular flexibility index (Phi) is 30.2. The van der Waals surface area contributed by atoms with Gasteiger partial charge in [0, 0.05) is 36.3 Å². The third-order valence-electron chi connectivity index (χ3n) is 12.7. The van der Waals surface area contributed by atoms with Crippen LogP contribution < -0.4 is 53.6 Å². The number of hydrogen-bond acceptors (Lipinski definition) is 14. The molecule has 0 aliphatic heterocycles. The number of carboxylic acid groups (broad SMARTS) is 2.